The van der Waals surface area contributed by atoms with Gasteiger partial charge in [-0.25, -0.2) is 9.78 Å². The molecule has 288 valence electrons. The van der Waals surface area contributed by atoms with Crippen LogP contribution in [0.3, 0.4) is 0 Å². The van der Waals surface area contributed by atoms with E-state index in [2.05, 4.69) is 26.6 Å². The SMILES string of the molecule is CCC(=O)N[C@H]1C[C@@H](n2cnc3c(NCC(c4ccc(OC)cc4)c4ccc(OC)cc4)nc(N4CC[C@H](NC(=O)N[C@@H]5CCNC5)C4)nc32)[C@H](O)[C@@H]1O. The summed E-state index contributed by atoms with van der Waals surface area (Å²) < 4.78 is 12.6. The van der Waals surface area contributed by atoms with Crippen LogP contribution in [0.4, 0.5) is 16.6 Å². The quantitative estimate of drug-likeness (QED) is 0.105. The van der Waals surface area contributed by atoms with E-state index in [1.807, 2.05) is 53.4 Å². The first-order valence-electron chi connectivity index (χ1n) is 18.7. The Hall–Kier alpha value is -5.19. The zero-order chi connectivity index (χ0) is 37.8. The number of hydrogen-bond donors (Lipinski definition) is 7. The van der Waals surface area contributed by atoms with E-state index in [4.69, 9.17) is 24.4 Å². The molecule has 2 aliphatic heterocycles. The Labute approximate surface area is 314 Å². The summed E-state index contributed by atoms with van der Waals surface area (Å²) in [5.41, 5.74) is 3.11. The van der Waals surface area contributed by atoms with Gasteiger partial charge in [-0.2, -0.15) is 9.97 Å². The fourth-order valence-electron chi connectivity index (χ4n) is 7.70. The van der Waals surface area contributed by atoms with Gasteiger partial charge in [0.2, 0.25) is 11.9 Å². The average molecular weight is 743 g/mol. The summed E-state index contributed by atoms with van der Waals surface area (Å²) in [5.74, 6) is 2.18. The van der Waals surface area contributed by atoms with Crippen molar-refractivity contribution < 1.29 is 29.3 Å². The lowest BCUT2D eigenvalue weighted by molar-refractivity contribution is -0.122. The summed E-state index contributed by atoms with van der Waals surface area (Å²) in [6, 6.07) is 14.5. The highest BCUT2D eigenvalue weighted by Crippen LogP contribution is 2.36. The number of aliphatic hydroxyl groups is 2. The van der Waals surface area contributed by atoms with Crippen LogP contribution in [0.5, 0.6) is 11.5 Å². The molecule has 4 aromatic rings. The van der Waals surface area contributed by atoms with Crippen LogP contribution < -0.4 is 41.0 Å². The van der Waals surface area contributed by atoms with E-state index in [-0.39, 0.29) is 36.4 Å². The van der Waals surface area contributed by atoms with Crippen LogP contribution in [0.2, 0.25) is 0 Å². The molecule has 7 N–H and O–H groups in total. The molecule has 0 unspecified atom stereocenters. The summed E-state index contributed by atoms with van der Waals surface area (Å²) in [4.78, 5) is 41.8. The van der Waals surface area contributed by atoms with Crippen molar-refractivity contribution >= 4 is 34.9 Å². The Kier molecular flexibility index (Phi) is 11.3. The van der Waals surface area contributed by atoms with Gasteiger partial charge in [0.1, 0.15) is 23.7 Å². The van der Waals surface area contributed by atoms with E-state index in [9.17, 15) is 19.8 Å². The van der Waals surface area contributed by atoms with Gasteiger partial charge in [0.25, 0.3) is 0 Å². The van der Waals surface area contributed by atoms with Gasteiger partial charge >= 0.3 is 6.03 Å². The number of hydrogen-bond acceptors (Lipinski definition) is 12. The number of methoxy groups -OCH3 is 2. The third kappa shape index (κ3) is 8.00. The second-order valence-corrected chi connectivity index (χ2v) is 14.2. The first-order valence-corrected chi connectivity index (χ1v) is 18.7. The number of carbonyl (C=O) groups is 2. The average Bonchev–Trinajstić information content (AvgIpc) is 4.02. The number of imidazole rings is 1. The number of fused-ring (bicyclic) bond motifs is 1. The van der Waals surface area contributed by atoms with Crippen molar-refractivity contribution in [3.05, 3.63) is 66.0 Å². The molecule has 2 aromatic carbocycles. The van der Waals surface area contributed by atoms with Crippen molar-refractivity contribution in [2.45, 2.75) is 74.9 Å². The standard InChI is InChI=1S/C38H50N10O6/c1-4-31(49)44-29-17-30(34(51)33(29)50)48-21-41-32-35(40-19-28(22-5-9-26(53-2)10-6-22)23-7-11-27(54-3)12-8-23)45-37(46-36(32)48)47-16-14-25(20-47)43-38(52)42-24-13-15-39-18-24/h5-12,21,24-25,28-30,33-34,39,50-51H,4,13-20H2,1-3H3,(H,44,49)(H,40,45,46)(H2,42,43,52)/t24-,25+,29+,30-,33-,34+/m1/s1. The molecule has 6 atom stereocenters. The zero-order valence-electron chi connectivity index (χ0n) is 30.9. The fourth-order valence-corrected chi connectivity index (χ4v) is 7.70. The third-order valence-electron chi connectivity index (χ3n) is 10.8. The summed E-state index contributed by atoms with van der Waals surface area (Å²) in [6.45, 7) is 4.97. The van der Waals surface area contributed by atoms with Crippen LogP contribution in [0.25, 0.3) is 11.2 Å². The summed E-state index contributed by atoms with van der Waals surface area (Å²) in [6.07, 6.45) is 1.46. The first kappa shape index (κ1) is 37.1. The number of anilines is 2. The number of carbonyl (C=O) groups excluding carboxylic acids is 2. The fraction of sp³-hybridized carbons (Fsp3) is 0.500. The number of rotatable bonds is 13. The predicted octanol–water partition coefficient (Wildman–Crippen LogP) is 1.89. The molecule has 2 aromatic heterocycles. The van der Waals surface area contributed by atoms with Crippen molar-refractivity contribution in [3.63, 3.8) is 0 Å². The molecule has 2 saturated heterocycles. The number of ether oxygens (including phenoxy) is 2. The van der Waals surface area contributed by atoms with E-state index in [1.165, 1.54) is 0 Å². The third-order valence-corrected chi connectivity index (χ3v) is 10.8. The van der Waals surface area contributed by atoms with Crippen molar-refractivity contribution in [1.82, 2.24) is 40.8 Å². The van der Waals surface area contributed by atoms with Crippen LogP contribution in [0.1, 0.15) is 55.7 Å². The molecule has 16 heteroatoms. The maximum absolute atomic E-state index is 12.8. The molecule has 16 nitrogen and oxygen atoms in total. The predicted molar refractivity (Wildman–Crippen MR) is 203 cm³/mol. The Bertz CT molecular complexity index is 1850. The Morgan fingerprint density at radius 1 is 0.926 bits per heavy atom. The van der Waals surface area contributed by atoms with Gasteiger partial charge in [-0.15, -0.1) is 0 Å². The lowest BCUT2D eigenvalue weighted by atomic mass is 9.91. The molecule has 54 heavy (non-hydrogen) atoms. The van der Waals surface area contributed by atoms with Gasteiger partial charge in [0.05, 0.1) is 32.6 Å². The van der Waals surface area contributed by atoms with E-state index >= 15 is 0 Å². The molecule has 0 radical (unpaired) electrons. The molecule has 7 rings (SSSR count). The maximum atomic E-state index is 12.8. The molecule has 3 fully saturated rings. The van der Waals surface area contributed by atoms with Gasteiger partial charge in [0, 0.05) is 50.6 Å². The van der Waals surface area contributed by atoms with Crippen LogP contribution in [0.15, 0.2) is 54.9 Å². The molecular weight excluding hydrogens is 692 g/mol. The lowest BCUT2D eigenvalue weighted by Gasteiger charge is -2.22. The van der Waals surface area contributed by atoms with Crippen LogP contribution >= 0.6 is 0 Å². The van der Waals surface area contributed by atoms with E-state index in [0.717, 1.165) is 42.1 Å². The Morgan fingerprint density at radius 3 is 2.24 bits per heavy atom. The van der Waals surface area contributed by atoms with Gasteiger partial charge in [-0.1, -0.05) is 31.2 Å². The molecule has 4 heterocycles. The number of benzene rings is 2. The molecule has 0 spiro atoms. The molecular formula is C38H50N10O6. The van der Waals surface area contributed by atoms with E-state index in [0.29, 0.717) is 55.4 Å². The van der Waals surface area contributed by atoms with Crippen molar-refractivity contribution in [2.24, 2.45) is 0 Å². The molecule has 3 amide bonds. The minimum atomic E-state index is -1.16. The van der Waals surface area contributed by atoms with Crippen molar-refractivity contribution in [3.8, 4) is 11.5 Å². The number of amides is 3. The Morgan fingerprint density at radius 2 is 1.61 bits per heavy atom. The van der Waals surface area contributed by atoms with Crippen molar-refractivity contribution in [1.29, 1.82) is 0 Å². The second-order valence-electron chi connectivity index (χ2n) is 14.2. The first-order chi connectivity index (χ1) is 26.2. The summed E-state index contributed by atoms with van der Waals surface area (Å²) >= 11 is 0. The van der Waals surface area contributed by atoms with E-state index in [1.54, 1.807) is 32.0 Å². The minimum absolute atomic E-state index is 0.0963. The van der Waals surface area contributed by atoms with Gasteiger partial charge in [0.15, 0.2) is 17.0 Å². The van der Waals surface area contributed by atoms with Crippen LogP contribution in [-0.2, 0) is 4.79 Å². The van der Waals surface area contributed by atoms with Gasteiger partial charge in [-0.3, -0.25) is 4.79 Å². The second kappa shape index (κ2) is 16.4. The lowest BCUT2D eigenvalue weighted by Crippen LogP contribution is -2.47. The highest BCUT2D eigenvalue weighted by Gasteiger charge is 2.44. The minimum Gasteiger partial charge on any atom is -0.497 e. The van der Waals surface area contributed by atoms with Crippen LogP contribution in [0, 0.1) is 0 Å². The Balaban J connectivity index is 1.19. The highest BCUT2D eigenvalue weighted by molar-refractivity contribution is 5.85. The monoisotopic (exact) mass is 742 g/mol. The molecule has 1 saturated carbocycles. The summed E-state index contributed by atoms with van der Waals surface area (Å²) in [5, 5.41) is 38.0. The number of aliphatic hydroxyl groups excluding tert-OH is 2. The highest BCUT2D eigenvalue weighted by atomic mass is 16.5. The number of nitrogens with zero attached hydrogens (tertiary/aromatic N) is 5. The number of urea groups is 1. The van der Waals surface area contributed by atoms with Gasteiger partial charge < -0.3 is 55.7 Å². The normalized spacial score (nSPS) is 23.9. The smallest absolute Gasteiger partial charge is 0.315 e. The largest absolute Gasteiger partial charge is 0.497 e. The zero-order valence-corrected chi connectivity index (χ0v) is 30.9. The van der Waals surface area contributed by atoms with Crippen molar-refractivity contribution in [2.75, 3.05) is 57.2 Å². The molecule has 0 bridgehead atoms. The molecule has 1 aliphatic carbocycles. The van der Waals surface area contributed by atoms with Gasteiger partial charge in [-0.05, 0) is 61.2 Å². The molecule has 3 aliphatic rings. The topological polar surface area (TPSA) is 200 Å². The maximum Gasteiger partial charge on any atom is 0.315 e. The van der Waals surface area contributed by atoms with Crippen LogP contribution in [-0.4, -0.2) is 119 Å². The number of nitrogens with one attached hydrogen (secondary N) is 5. The van der Waals surface area contributed by atoms with E-state index < -0.39 is 24.3 Å². The summed E-state index contributed by atoms with van der Waals surface area (Å²) in [7, 11) is 3.28. The number of aromatic nitrogens is 4.